The molecule has 126 valence electrons. The van der Waals surface area contributed by atoms with Gasteiger partial charge in [-0.05, 0) is 26.0 Å². The number of hydrogen-bond donors (Lipinski definition) is 3. The molecule has 1 atom stereocenters. The van der Waals surface area contributed by atoms with Crippen molar-refractivity contribution >= 4 is 23.6 Å². The van der Waals surface area contributed by atoms with E-state index in [2.05, 4.69) is 30.8 Å². The highest BCUT2D eigenvalue weighted by molar-refractivity contribution is 8.01. The van der Waals surface area contributed by atoms with Gasteiger partial charge in [-0.15, -0.1) is 11.8 Å². The van der Waals surface area contributed by atoms with E-state index in [9.17, 15) is 9.59 Å². The topological polar surface area (TPSA) is 113 Å². The van der Waals surface area contributed by atoms with E-state index < -0.39 is 10.8 Å². The molecule has 1 saturated heterocycles. The Morgan fingerprint density at radius 3 is 2.88 bits per heavy atom. The van der Waals surface area contributed by atoms with Crippen molar-refractivity contribution in [1.29, 1.82) is 0 Å². The minimum absolute atomic E-state index is 0.126. The fraction of sp³-hybridized carbons (Fsp3) is 0.400. The second kappa shape index (κ2) is 6.60. The lowest BCUT2D eigenvalue weighted by Gasteiger charge is -2.32. The molecule has 0 aliphatic carbocycles. The van der Waals surface area contributed by atoms with Crippen LogP contribution in [0.5, 0.6) is 0 Å². The average Bonchev–Trinajstić information content (AvgIpc) is 3.05. The number of nitrogens with one attached hydrogen (secondary N) is 3. The highest BCUT2D eigenvalue weighted by Gasteiger charge is 2.37. The van der Waals surface area contributed by atoms with Crippen LogP contribution in [-0.4, -0.2) is 48.5 Å². The molecule has 1 fully saturated rings. The van der Waals surface area contributed by atoms with E-state index in [1.54, 1.807) is 12.4 Å². The Kier molecular flexibility index (Phi) is 4.52. The molecule has 2 aromatic rings. The van der Waals surface area contributed by atoms with E-state index in [1.165, 1.54) is 11.8 Å². The van der Waals surface area contributed by atoms with Gasteiger partial charge in [0.1, 0.15) is 11.9 Å². The van der Waals surface area contributed by atoms with Crippen molar-refractivity contribution in [2.75, 3.05) is 5.75 Å². The van der Waals surface area contributed by atoms with Crippen LogP contribution >= 0.6 is 11.8 Å². The summed E-state index contributed by atoms with van der Waals surface area (Å²) in [7, 11) is 0. The van der Waals surface area contributed by atoms with Crippen molar-refractivity contribution in [2.24, 2.45) is 0 Å². The summed E-state index contributed by atoms with van der Waals surface area (Å²) in [5.41, 5.74) is 0.844. The molecule has 3 heterocycles. The predicted octanol–water partition coefficient (Wildman–Crippen LogP) is 0.493. The van der Waals surface area contributed by atoms with Crippen LogP contribution in [0, 0.1) is 0 Å². The smallest absolute Gasteiger partial charge is 0.243 e. The number of H-pyrrole nitrogens is 1. The molecule has 0 spiro atoms. The molecular weight excluding hydrogens is 328 g/mol. The van der Waals surface area contributed by atoms with Crippen molar-refractivity contribution in [3.05, 3.63) is 30.4 Å². The van der Waals surface area contributed by atoms with E-state index in [0.29, 0.717) is 17.4 Å². The van der Waals surface area contributed by atoms with Crippen molar-refractivity contribution in [3.8, 4) is 11.4 Å². The minimum atomic E-state index is -0.530. The van der Waals surface area contributed by atoms with Crippen molar-refractivity contribution in [1.82, 2.24) is 30.8 Å². The fourth-order valence-corrected chi connectivity index (χ4v) is 3.18. The van der Waals surface area contributed by atoms with Gasteiger partial charge >= 0.3 is 0 Å². The molecule has 0 radical (unpaired) electrons. The van der Waals surface area contributed by atoms with Gasteiger partial charge in [0.25, 0.3) is 0 Å². The zero-order chi connectivity index (χ0) is 17.2. The molecule has 0 bridgehead atoms. The zero-order valence-corrected chi connectivity index (χ0v) is 14.2. The van der Waals surface area contributed by atoms with Crippen LogP contribution in [-0.2, 0) is 16.1 Å². The molecule has 1 aliphatic rings. The average molecular weight is 346 g/mol. The number of carbonyl (C=O) groups excluding carboxylic acids is 2. The van der Waals surface area contributed by atoms with E-state index in [1.807, 2.05) is 26.0 Å². The lowest BCUT2D eigenvalue weighted by atomic mass is 10.1. The summed E-state index contributed by atoms with van der Waals surface area (Å²) in [6.45, 7) is 3.91. The molecule has 3 N–H and O–H groups in total. The van der Waals surface area contributed by atoms with Crippen LogP contribution in [0.1, 0.15) is 19.7 Å². The first-order valence-electron chi connectivity index (χ1n) is 7.50. The van der Waals surface area contributed by atoms with Crippen LogP contribution in [0.25, 0.3) is 11.4 Å². The Hall–Kier alpha value is -2.42. The Balaban J connectivity index is 1.56. The molecule has 2 aromatic heterocycles. The fourth-order valence-electron chi connectivity index (χ4n) is 2.17. The number of carbonyl (C=O) groups is 2. The number of rotatable bonds is 4. The van der Waals surface area contributed by atoms with Crippen LogP contribution < -0.4 is 10.6 Å². The van der Waals surface area contributed by atoms with Gasteiger partial charge < -0.3 is 10.6 Å². The second-order valence-electron chi connectivity index (χ2n) is 5.91. The Labute approximate surface area is 143 Å². The largest absolute Gasteiger partial charge is 0.347 e. The maximum atomic E-state index is 12.2. The number of hydrogen-bond acceptors (Lipinski definition) is 6. The third kappa shape index (κ3) is 3.56. The maximum absolute atomic E-state index is 12.2. The van der Waals surface area contributed by atoms with E-state index in [-0.39, 0.29) is 18.4 Å². The van der Waals surface area contributed by atoms with Gasteiger partial charge in [-0.2, -0.15) is 5.10 Å². The molecule has 9 heteroatoms. The van der Waals surface area contributed by atoms with Gasteiger partial charge in [-0.3, -0.25) is 19.7 Å². The highest BCUT2D eigenvalue weighted by Crippen LogP contribution is 2.28. The number of thioether (sulfide) groups is 1. The van der Waals surface area contributed by atoms with Gasteiger partial charge in [0.05, 0.1) is 11.3 Å². The summed E-state index contributed by atoms with van der Waals surface area (Å²) < 4.78 is -0.499. The Morgan fingerprint density at radius 1 is 1.42 bits per heavy atom. The van der Waals surface area contributed by atoms with Crippen LogP contribution in [0.4, 0.5) is 0 Å². The van der Waals surface area contributed by atoms with Gasteiger partial charge in [-0.1, -0.05) is 0 Å². The van der Waals surface area contributed by atoms with Gasteiger partial charge in [0.15, 0.2) is 5.82 Å². The van der Waals surface area contributed by atoms with E-state index in [4.69, 9.17) is 0 Å². The first-order valence-corrected chi connectivity index (χ1v) is 8.48. The highest BCUT2D eigenvalue weighted by atomic mass is 32.2. The molecule has 0 aromatic carbocycles. The van der Waals surface area contributed by atoms with Gasteiger partial charge in [0, 0.05) is 23.7 Å². The number of aromatic amines is 1. The molecule has 2 amide bonds. The standard InChI is InChI=1S/C15H18N6O2S/c1-15(2)14(23)18-10(8-24-15)13(22)17-7-11-19-12(21-20-11)9-3-5-16-6-4-9/h3-6,10H,7-8H2,1-2H3,(H,17,22)(H,18,23)(H,19,20,21). The molecule has 8 nitrogen and oxygen atoms in total. The normalized spacial score (nSPS) is 19.6. The second-order valence-corrected chi connectivity index (χ2v) is 7.55. The quantitative estimate of drug-likeness (QED) is 0.743. The summed E-state index contributed by atoms with van der Waals surface area (Å²) >= 11 is 1.47. The summed E-state index contributed by atoms with van der Waals surface area (Å²) in [5.74, 6) is 1.28. The lowest BCUT2D eigenvalue weighted by Crippen LogP contribution is -2.57. The third-order valence-corrected chi connectivity index (χ3v) is 5.09. The SMILES string of the molecule is CC1(C)SCC(C(=O)NCc2nc(-c3ccncc3)n[nH]2)NC1=O. The summed E-state index contributed by atoms with van der Waals surface area (Å²) in [4.78, 5) is 32.4. The van der Waals surface area contributed by atoms with Crippen molar-refractivity contribution in [3.63, 3.8) is 0 Å². The van der Waals surface area contributed by atoms with E-state index in [0.717, 1.165) is 5.56 Å². The zero-order valence-electron chi connectivity index (χ0n) is 13.4. The minimum Gasteiger partial charge on any atom is -0.347 e. The third-order valence-electron chi connectivity index (χ3n) is 3.68. The molecule has 3 rings (SSSR count). The monoisotopic (exact) mass is 346 g/mol. The lowest BCUT2D eigenvalue weighted by molar-refractivity contribution is -0.129. The molecule has 1 aliphatic heterocycles. The Bertz CT molecular complexity index is 745. The summed E-state index contributed by atoms with van der Waals surface area (Å²) in [6, 6.07) is 3.09. The summed E-state index contributed by atoms with van der Waals surface area (Å²) in [6.07, 6.45) is 3.33. The number of nitrogens with zero attached hydrogens (tertiary/aromatic N) is 3. The van der Waals surface area contributed by atoms with E-state index >= 15 is 0 Å². The summed E-state index contributed by atoms with van der Waals surface area (Å²) in [5, 5.41) is 12.4. The molecule has 24 heavy (non-hydrogen) atoms. The first-order chi connectivity index (χ1) is 11.5. The molecular formula is C15H18N6O2S. The van der Waals surface area contributed by atoms with Gasteiger partial charge in [-0.25, -0.2) is 4.98 Å². The number of pyridine rings is 1. The van der Waals surface area contributed by atoms with Crippen LogP contribution in [0.15, 0.2) is 24.5 Å². The number of amides is 2. The van der Waals surface area contributed by atoms with Crippen molar-refractivity contribution in [2.45, 2.75) is 31.2 Å². The molecule has 0 saturated carbocycles. The maximum Gasteiger partial charge on any atom is 0.243 e. The first kappa shape index (κ1) is 16.4. The van der Waals surface area contributed by atoms with Crippen LogP contribution in [0.2, 0.25) is 0 Å². The van der Waals surface area contributed by atoms with Crippen LogP contribution in [0.3, 0.4) is 0 Å². The Morgan fingerprint density at radius 2 is 2.17 bits per heavy atom. The number of aromatic nitrogens is 4. The van der Waals surface area contributed by atoms with Gasteiger partial charge in [0.2, 0.25) is 11.8 Å². The predicted molar refractivity (Wildman–Crippen MR) is 89.9 cm³/mol. The van der Waals surface area contributed by atoms with Crippen molar-refractivity contribution < 1.29 is 9.59 Å². The molecule has 1 unspecified atom stereocenters.